The highest BCUT2D eigenvalue weighted by atomic mass is 32.1. The maximum atomic E-state index is 6.45. The molecule has 0 aliphatic rings. The number of anilines is 3. The predicted octanol–water partition coefficient (Wildman–Crippen LogP) is 15.1. The second-order valence-electron chi connectivity index (χ2n) is 13.3. The number of nitrogens with zero attached hydrogens (tertiary/aromatic N) is 1. The molecule has 0 fully saturated rings. The van der Waals surface area contributed by atoms with Crippen LogP contribution >= 0.6 is 22.7 Å². The predicted molar refractivity (Wildman–Crippen MR) is 225 cm³/mol. The van der Waals surface area contributed by atoms with Crippen LogP contribution in [0.25, 0.3) is 84.5 Å². The number of rotatable bonds is 5. The molecular weight excluding hydrogens is 671 g/mol. The van der Waals surface area contributed by atoms with E-state index in [0.717, 1.165) is 39.0 Å². The number of hydrogen-bond acceptors (Lipinski definition) is 4. The average Bonchev–Trinajstić information content (AvgIpc) is 3.89. The maximum Gasteiger partial charge on any atom is 0.137 e. The Balaban J connectivity index is 1.14. The van der Waals surface area contributed by atoms with Gasteiger partial charge in [-0.3, -0.25) is 0 Å². The van der Waals surface area contributed by atoms with Crippen molar-refractivity contribution in [2.24, 2.45) is 0 Å². The molecule has 244 valence electrons. The fourth-order valence-corrected chi connectivity index (χ4v) is 10.3. The highest BCUT2D eigenvalue weighted by Gasteiger charge is 2.21. The Morgan fingerprint density at radius 2 is 1.04 bits per heavy atom. The summed E-state index contributed by atoms with van der Waals surface area (Å²) in [6.45, 7) is 0. The van der Waals surface area contributed by atoms with Gasteiger partial charge in [-0.2, -0.15) is 0 Å². The maximum absolute atomic E-state index is 6.45. The van der Waals surface area contributed by atoms with Gasteiger partial charge >= 0.3 is 0 Å². The van der Waals surface area contributed by atoms with E-state index in [9.17, 15) is 0 Å². The van der Waals surface area contributed by atoms with Crippen molar-refractivity contribution >= 4 is 102 Å². The van der Waals surface area contributed by atoms with Crippen LogP contribution < -0.4 is 4.90 Å². The van der Waals surface area contributed by atoms with E-state index >= 15 is 0 Å². The minimum Gasteiger partial charge on any atom is -0.456 e. The summed E-state index contributed by atoms with van der Waals surface area (Å²) in [5.74, 6) is 0. The fourth-order valence-electron chi connectivity index (χ4n) is 7.84. The van der Waals surface area contributed by atoms with Crippen LogP contribution in [0.2, 0.25) is 0 Å². The van der Waals surface area contributed by atoms with E-state index in [2.05, 4.69) is 169 Å². The van der Waals surface area contributed by atoms with Gasteiger partial charge in [0.15, 0.2) is 0 Å². The largest absolute Gasteiger partial charge is 0.456 e. The van der Waals surface area contributed by atoms with E-state index in [4.69, 9.17) is 4.42 Å². The standard InChI is InChI=1S/C48H29NOS2/c1-2-11-30(12-3-1)35-17-9-18-39-40-19-10-20-42(48(40)52-47(35)39)49(34-24-25-37-36-15-4-6-21-43(36)50-44(37)29-34)33-14-8-13-31(27-33)32-23-26-46-41(28-32)38-16-5-7-22-45(38)51-46/h1-29H. The summed E-state index contributed by atoms with van der Waals surface area (Å²) in [4.78, 5) is 2.41. The molecule has 3 aromatic heterocycles. The van der Waals surface area contributed by atoms with E-state index in [0.29, 0.717) is 0 Å². The van der Waals surface area contributed by atoms with Gasteiger partial charge in [0.25, 0.3) is 0 Å². The van der Waals surface area contributed by atoms with Gasteiger partial charge in [-0.05, 0) is 76.9 Å². The molecule has 0 bridgehead atoms. The third kappa shape index (κ3) is 4.62. The third-order valence-corrected chi connectivity index (χ3v) is 12.7. The van der Waals surface area contributed by atoms with Crippen molar-refractivity contribution in [2.45, 2.75) is 0 Å². The Hall–Kier alpha value is -6.20. The zero-order chi connectivity index (χ0) is 34.2. The van der Waals surface area contributed by atoms with Gasteiger partial charge in [0, 0.05) is 63.9 Å². The van der Waals surface area contributed by atoms with Gasteiger partial charge < -0.3 is 9.32 Å². The number of fused-ring (bicyclic) bond motifs is 9. The molecule has 0 N–H and O–H groups in total. The molecule has 0 atom stereocenters. The van der Waals surface area contributed by atoms with Gasteiger partial charge in [-0.1, -0.05) is 115 Å². The summed E-state index contributed by atoms with van der Waals surface area (Å²) in [6.07, 6.45) is 0. The molecular formula is C48H29NOS2. The number of thiophene rings is 2. The van der Waals surface area contributed by atoms with Crippen molar-refractivity contribution in [2.75, 3.05) is 4.90 Å². The highest BCUT2D eigenvalue weighted by molar-refractivity contribution is 7.27. The van der Waals surface area contributed by atoms with E-state index in [1.165, 1.54) is 62.6 Å². The molecule has 0 aliphatic carbocycles. The molecule has 52 heavy (non-hydrogen) atoms. The molecule has 0 aliphatic heterocycles. The van der Waals surface area contributed by atoms with Crippen LogP contribution in [0, 0.1) is 0 Å². The molecule has 0 saturated heterocycles. The van der Waals surface area contributed by atoms with Gasteiger partial charge in [0.05, 0.1) is 10.4 Å². The van der Waals surface area contributed by atoms with Crippen molar-refractivity contribution in [3.8, 4) is 22.3 Å². The van der Waals surface area contributed by atoms with Crippen molar-refractivity contribution in [1.29, 1.82) is 0 Å². The van der Waals surface area contributed by atoms with Gasteiger partial charge in [-0.15, -0.1) is 22.7 Å². The Bertz CT molecular complexity index is 3150. The summed E-state index contributed by atoms with van der Waals surface area (Å²) in [7, 11) is 0. The highest BCUT2D eigenvalue weighted by Crippen LogP contribution is 2.48. The van der Waals surface area contributed by atoms with Crippen molar-refractivity contribution in [3.63, 3.8) is 0 Å². The topological polar surface area (TPSA) is 16.4 Å². The van der Waals surface area contributed by atoms with Gasteiger partial charge in [0.1, 0.15) is 11.2 Å². The molecule has 11 rings (SSSR count). The van der Waals surface area contributed by atoms with Gasteiger partial charge in [0.2, 0.25) is 0 Å². The normalized spacial score (nSPS) is 11.8. The van der Waals surface area contributed by atoms with Crippen molar-refractivity contribution in [3.05, 3.63) is 176 Å². The van der Waals surface area contributed by atoms with Crippen molar-refractivity contribution < 1.29 is 4.42 Å². The molecule has 2 nitrogen and oxygen atoms in total. The first-order valence-electron chi connectivity index (χ1n) is 17.5. The molecule has 0 unspecified atom stereocenters. The summed E-state index contributed by atoms with van der Waals surface area (Å²) in [5.41, 5.74) is 9.95. The summed E-state index contributed by atoms with van der Waals surface area (Å²) < 4.78 is 11.6. The summed E-state index contributed by atoms with van der Waals surface area (Å²) in [5, 5.41) is 7.41. The smallest absolute Gasteiger partial charge is 0.137 e. The molecule has 8 aromatic carbocycles. The fraction of sp³-hybridized carbons (Fsp3) is 0. The first-order chi connectivity index (χ1) is 25.8. The number of furan rings is 1. The number of para-hydroxylation sites is 1. The minimum absolute atomic E-state index is 0.879. The van der Waals surface area contributed by atoms with E-state index in [-0.39, 0.29) is 0 Å². The van der Waals surface area contributed by atoms with Crippen molar-refractivity contribution in [1.82, 2.24) is 0 Å². The van der Waals surface area contributed by atoms with Crippen LogP contribution in [0.3, 0.4) is 0 Å². The molecule has 0 saturated carbocycles. The molecule has 0 radical (unpaired) electrons. The Labute approximate surface area is 308 Å². The zero-order valence-electron chi connectivity index (χ0n) is 27.9. The number of benzene rings is 8. The third-order valence-electron chi connectivity index (χ3n) is 10.3. The first-order valence-corrected chi connectivity index (χ1v) is 19.1. The van der Waals surface area contributed by atoms with E-state index < -0.39 is 0 Å². The SMILES string of the molecule is c1ccc(-c2cccc3c2sc2c(N(c4cccc(-c5ccc6sc7ccccc7c6c5)c4)c4ccc5c(c4)oc4ccccc45)cccc23)cc1. The molecule has 11 aromatic rings. The number of hydrogen-bond donors (Lipinski definition) is 0. The monoisotopic (exact) mass is 699 g/mol. The van der Waals surface area contributed by atoms with E-state index in [1.54, 1.807) is 0 Å². The lowest BCUT2D eigenvalue weighted by atomic mass is 10.0. The lowest BCUT2D eigenvalue weighted by molar-refractivity contribution is 0.669. The lowest BCUT2D eigenvalue weighted by Gasteiger charge is -2.26. The summed E-state index contributed by atoms with van der Waals surface area (Å²) >= 11 is 3.73. The quantitative estimate of drug-likeness (QED) is 0.178. The average molecular weight is 700 g/mol. The zero-order valence-corrected chi connectivity index (χ0v) is 29.5. The van der Waals surface area contributed by atoms with Crippen LogP contribution in [0.4, 0.5) is 17.1 Å². The lowest BCUT2D eigenvalue weighted by Crippen LogP contribution is -2.10. The minimum atomic E-state index is 0.879. The van der Waals surface area contributed by atoms with Crippen LogP contribution in [-0.2, 0) is 0 Å². The molecule has 3 heterocycles. The Morgan fingerprint density at radius 3 is 1.96 bits per heavy atom. The molecule has 0 amide bonds. The second kappa shape index (κ2) is 11.7. The second-order valence-corrected chi connectivity index (χ2v) is 15.4. The van der Waals surface area contributed by atoms with Crippen LogP contribution in [-0.4, -0.2) is 0 Å². The Kier molecular flexibility index (Phi) is 6.63. The Morgan fingerprint density at radius 1 is 0.365 bits per heavy atom. The van der Waals surface area contributed by atoms with Crippen LogP contribution in [0.15, 0.2) is 180 Å². The van der Waals surface area contributed by atoms with E-state index in [1.807, 2.05) is 34.8 Å². The molecule has 0 spiro atoms. The first kappa shape index (κ1) is 29.5. The van der Waals surface area contributed by atoms with Gasteiger partial charge in [-0.25, -0.2) is 0 Å². The summed E-state index contributed by atoms with van der Waals surface area (Å²) in [6, 6.07) is 63.7. The molecule has 4 heteroatoms. The van der Waals surface area contributed by atoms with Crippen LogP contribution in [0.5, 0.6) is 0 Å². The van der Waals surface area contributed by atoms with Crippen LogP contribution in [0.1, 0.15) is 0 Å².